The number of likely N-dealkylation sites (tertiary alicyclic amines) is 1. The third-order valence-corrected chi connectivity index (χ3v) is 4.49. The molecule has 1 unspecified atom stereocenters. The third-order valence-electron chi connectivity index (χ3n) is 4.49. The van der Waals surface area contributed by atoms with Crippen LogP contribution in [0.25, 0.3) is 0 Å². The molecule has 1 atom stereocenters. The minimum Gasteiger partial charge on any atom is -0.496 e. The zero-order valence-corrected chi connectivity index (χ0v) is 14.1. The van der Waals surface area contributed by atoms with E-state index in [2.05, 4.69) is 0 Å². The molecule has 0 saturated carbocycles. The number of amides is 1. The summed E-state index contributed by atoms with van der Waals surface area (Å²) in [6.07, 6.45) is 3.54. The van der Waals surface area contributed by atoms with E-state index in [-0.39, 0.29) is 18.4 Å². The summed E-state index contributed by atoms with van der Waals surface area (Å²) in [7, 11) is 1.63. The molecule has 0 aromatic heterocycles. The van der Waals surface area contributed by atoms with Crippen LogP contribution in [0.2, 0.25) is 0 Å². The Hall–Kier alpha value is -2.04. The molecular formula is C18H25NO4. The van der Waals surface area contributed by atoms with Crippen molar-refractivity contribution in [2.24, 2.45) is 0 Å². The molecule has 1 saturated heterocycles. The highest BCUT2D eigenvalue weighted by Crippen LogP contribution is 2.27. The molecule has 0 radical (unpaired) electrons. The largest absolute Gasteiger partial charge is 0.496 e. The second-order valence-electron chi connectivity index (χ2n) is 6.22. The lowest BCUT2D eigenvalue weighted by atomic mass is 9.96. The van der Waals surface area contributed by atoms with Crippen molar-refractivity contribution in [2.45, 2.75) is 52.0 Å². The highest BCUT2D eigenvalue weighted by molar-refractivity contribution is 5.95. The SMILES string of the molecule is COc1c(C)cc(C(=O)N2CCCCC2CCC(=O)O)cc1C. The first-order valence-electron chi connectivity index (χ1n) is 8.12. The maximum absolute atomic E-state index is 12.9. The minimum absolute atomic E-state index is 0.00561. The molecule has 0 spiro atoms. The van der Waals surface area contributed by atoms with Gasteiger partial charge in [-0.2, -0.15) is 0 Å². The summed E-state index contributed by atoms with van der Waals surface area (Å²) in [6, 6.07) is 3.74. The van der Waals surface area contributed by atoms with Crippen LogP contribution in [0.4, 0.5) is 0 Å². The van der Waals surface area contributed by atoms with Crippen LogP contribution in [-0.2, 0) is 4.79 Å². The lowest BCUT2D eigenvalue weighted by Gasteiger charge is -2.36. The molecule has 23 heavy (non-hydrogen) atoms. The van der Waals surface area contributed by atoms with Crippen LogP contribution in [-0.4, -0.2) is 41.6 Å². The number of benzene rings is 1. The lowest BCUT2D eigenvalue weighted by molar-refractivity contribution is -0.137. The Morgan fingerprint density at radius 3 is 2.48 bits per heavy atom. The fourth-order valence-corrected chi connectivity index (χ4v) is 3.42. The number of piperidine rings is 1. The molecule has 1 aromatic rings. The van der Waals surface area contributed by atoms with E-state index in [9.17, 15) is 9.59 Å². The van der Waals surface area contributed by atoms with Crippen molar-refractivity contribution in [3.63, 3.8) is 0 Å². The summed E-state index contributed by atoms with van der Waals surface area (Å²) in [5.41, 5.74) is 2.54. The van der Waals surface area contributed by atoms with Crippen LogP contribution in [0, 0.1) is 13.8 Å². The van der Waals surface area contributed by atoms with Gasteiger partial charge in [-0.15, -0.1) is 0 Å². The van der Waals surface area contributed by atoms with Gasteiger partial charge in [0.1, 0.15) is 5.75 Å². The van der Waals surface area contributed by atoms with Crippen LogP contribution in [0.1, 0.15) is 53.6 Å². The van der Waals surface area contributed by atoms with E-state index in [4.69, 9.17) is 9.84 Å². The molecule has 1 aromatic carbocycles. The van der Waals surface area contributed by atoms with Crippen LogP contribution < -0.4 is 4.74 Å². The normalized spacial score (nSPS) is 17.9. The summed E-state index contributed by atoms with van der Waals surface area (Å²) in [5.74, 6) is -0.00401. The number of ether oxygens (including phenoxy) is 1. The van der Waals surface area contributed by atoms with E-state index in [1.54, 1.807) is 7.11 Å². The number of hydrogen-bond acceptors (Lipinski definition) is 3. The number of aryl methyl sites for hydroxylation is 2. The van der Waals surface area contributed by atoms with Gasteiger partial charge in [-0.25, -0.2) is 0 Å². The topological polar surface area (TPSA) is 66.8 Å². The maximum Gasteiger partial charge on any atom is 0.303 e. The Bertz CT molecular complexity index is 574. The van der Waals surface area contributed by atoms with Gasteiger partial charge < -0.3 is 14.7 Å². The number of carbonyl (C=O) groups is 2. The number of hydrogen-bond donors (Lipinski definition) is 1. The molecule has 1 amide bonds. The first kappa shape index (κ1) is 17.3. The van der Waals surface area contributed by atoms with E-state index >= 15 is 0 Å². The third kappa shape index (κ3) is 4.03. The predicted octanol–water partition coefficient (Wildman–Crippen LogP) is 3.17. The predicted molar refractivity (Wildman–Crippen MR) is 88.0 cm³/mol. The van der Waals surface area contributed by atoms with E-state index in [1.165, 1.54) is 0 Å². The van der Waals surface area contributed by atoms with Gasteiger partial charge in [-0.3, -0.25) is 9.59 Å². The monoisotopic (exact) mass is 319 g/mol. The lowest BCUT2D eigenvalue weighted by Crippen LogP contribution is -2.44. The van der Waals surface area contributed by atoms with Crippen molar-refractivity contribution in [1.29, 1.82) is 0 Å². The Balaban J connectivity index is 2.21. The minimum atomic E-state index is -0.806. The van der Waals surface area contributed by atoms with Crippen molar-refractivity contribution < 1.29 is 19.4 Å². The van der Waals surface area contributed by atoms with Crippen LogP contribution >= 0.6 is 0 Å². The molecule has 1 N–H and O–H groups in total. The standard InChI is InChI=1S/C18H25NO4/c1-12-10-14(11-13(2)17(12)23-3)18(22)19-9-5-4-6-15(19)7-8-16(20)21/h10-11,15H,4-9H2,1-3H3,(H,20,21). The van der Waals surface area contributed by atoms with E-state index in [0.29, 0.717) is 18.5 Å². The van der Waals surface area contributed by atoms with Gasteiger partial charge >= 0.3 is 5.97 Å². The average Bonchev–Trinajstić information content (AvgIpc) is 2.52. The summed E-state index contributed by atoms with van der Waals surface area (Å²) < 4.78 is 5.35. The molecule has 2 rings (SSSR count). The van der Waals surface area contributed by atoms with Crippen molar-refractivity contribution in [3.8, 4) is 5.75 Å². The molecule has 0 bridgehead atoms. The van der Waals surface area contributed by atoms with E-state index < -0.39 is 5.97 Å². The summed E-state index contributed by atoms with van der Waals surface area (Å²) in [5, 5.41) is 8.90. The maximum atomic E-state index is 12.9. The number of aliphatic carboxylic acids is 1. The number of carboxylic acid groups (broad SMARTS) is 1. The van der Waals surface area contributed by atoms with Crippen molar-refractivity contribution in [3.05, 3.63) is 28.8 Å². The first-order chi connectivity index (χ1) is 10.9. The quantitative estimate of drug-likeness (QED) is 0.905. The molecule has 5 heteroatoms. The van der Waals surface area contributed by atoms with Crippen molar-refractivity contribution in [2.75, 3.05) is 13.7 Å². The van der Waals surface area contributed by atoms with Crippen LogP contribution in [0.15, 0.2) is 12.1 Å². The highest BCUT2D eigenvalue weighted by Gasteiger charge is 2.28. The Labute approximate surface area is 137 Å². The molecule has 0 aliphatic carbocycles. The zero-order chi connectivity index (χ0) is 17.0. The molecule has 126 valence electrons. The molecule has 1 aliphatic heterocycles. The van der Waals surface area contributed by atoms with E-state index in [0.717, 1.165) is 36.1 Å². The molecule has 5 nitrogen and oxygen atoms in total. The number of carboxylic acids is 1. The van der Waals surface area contributed by atoms with Gasteiger partial charge in [0, 0.05) is 24.6 Å². The smallest absolute Gasteiger partial charge is 0.303 e. The fourth-order valence-electron chi connectivity index (χ4n) is 3.42. The Kier molecular flexibility index (Phi) is 5.64. The molecule has 1 aliphatic rings. The van der Waals surface area contributed by atoms with Gasteiger partial charge in [-0.1, -0.05) is 0 Å². The van der Waals surface area contributed by atoms with Gasteiger partial charge in [0.15, 0.2) is 0 Å². The number of nitrogens with zero attached hydrogens (tertiary/aromatic N) is 1. The zero-order valence-electron chi connectivity index (χ0n) is 14.1. The average molecular weight is 319 g/mol. The fraction of sp³-hybridized carbons (Fsp3) is 0.556. The summed E-state index contributed by atoms with van der Waals surface area (Å²) in [4.78, 5) is 25.6. The van der Waals surface area contributed by atoms with Gasteiger partial charge in [0.05, 0.1) is 7.11 Å². The first-order valence-corrected chi connectivity index (χ1v) is 8.12. The Morgan fingerprint density at radius 2 is 1.91 bits per heavy atom. The number of rotatable bonds is 5. The van der Waals surface area contributed by atoms with Crippen molar-refractivity contribution in [1.82, 2.24) is 4.90 Å². The second kappa shape index (κ2) is 7.49. The van der Waals surface area contributed by atoms with E-state index in [1.807, 2.05) is 30.9 Å². The number of carbonyl (C=O) groups excluding carboxylic acids is 1. The van der Waals surface area contributed by atoms with Crippen LogP contribution in [0.5, 0.6) is 5.75 Å². The van der Waals surface area contributed by atoms with Gasteiger partial charge in [0.25, 0.3) is 5.91 Å². The van der Waals surface area contributed by atoms with Crippen LogP contribution in [0.3, 0.4) is 0 Å². The molecule has 1 fully saturated rings. The summed E-state index contributed by atoms with van der Waals surface area (Å²) in [6.45, 7) is 4.56. The van der Waals surface area contributed by atoms with Gasteiger partial charge in [0.2, 0.25) is 0 Å². The Morgan fingerprint density at radius 1 is 1.26 bits per heavy atom. The highest BCUT2D eigenvalue weighted by atomic mass is 16.5. The molecule has 1 heterocycles. The van der Waals surface area contributed by atoms with Gasteiger partial charge in [-0.05, 0) is 62.8 Å². The van der Waals surface area contributed by atoms with Crippen molar-refractivity contribution >= 4 is 11.9 Å². The molecular weight excluding hydrogens is 294 g/mol. The summed E-state index contributed by atoms with van der Waals surface area (Å²) >= 11 is 0. The number of methoxy groups -OCH3 is 1. The second-order valence-corrected chi connectivity index (χ2v) is 6.22.